The first-order valence-corrected chi connectivity index (χ1v) is 5.92. The van der Waals surface area contributed by atoms with Crippen LogP contribution in [0.5, 0.6) is 0 Å². The monoisotopic (exact) mass is 221 g/mol. The third-order valence-corrected chi connectivity index (χ3v) is 2.93. The average molecular weight is 221 g/mol. The summed E-state index contributed by atoms with van der Waals surface area (Å²) in [6.07, 6.45) is 6.61. The number of aromatic nitrogens is 1. The fourth-order valence-corrected chi connectivity index (χ4v) is 1.90. The van der Waals surface area contributed by atoms with Gasteiger partial charge < -0.3 is 4.52 Å². The van der Waals surface area contributed by atoms with E-state index in [1.807, 2.05) is 18.8 Å². The molecular formula is C12H16NOP. The molecule has 1 unspecified atom stereocenters. The van der Waals surface area contributed by atoms with E-state index in [0.29, 0.717) is 5.92 Å². The van der Waals surface area contributed by atoms with Crippen molar-refractivity contribution in [3.8, 4) is 0 Å². The number of allylic oxidation sites excluding steroid dienone is 3. The Morgan fingerprint density at radius 3 is 2.87 bits per heavy atom. The number of nitrogens with zero attached hydrogens (tertiary/aromatic N) is 1. The van der Waals surface area contributed by atoms with Crippen molar-refractivity contribution < 1.29 is 4.52 Å². The van der Waals surface area contributed by atoms with Crippen LogP contribution in [0.4, 0.5) is 0 Å². The predicted molar refractivity (Wildman–Crippen MR) is 65.7 cm³/mol. The van der Waals surface area contributed by atoms with Crippen molar-refractivity contribution in [2.24, 2.45) is 0 Å². The molecule has 0 N–H and O–H groups in total. The summed E-state index contributed by atoms with van der Waals surface area (Å²) in [5.74, 6) is 3.59. The van der Waals surface area contributed by atoms with Gasteiger partial charge in [0, 0.05) is 5.56 Å². The second-order valence-corrected chi connectivity index (χ2v) is 4.40. The van der Waals surface area contributed by atoms with E-state index in [2.05, 4.69) is 27.4 Å². The Labute approximate surface area is 92.6 Å². The summed E-state index contributed by atoms with van der Waals surface area (Å²) in [7, 11) is 2.56. The molecule has 1 saturated carbocycles. The topological polar surface area (TPSA) is 26.0 Å². The molecule has 1 aliphatic carbocycles. The minimum atomic E-state index is 0.689. The van der Waals surface area contributed by atoms with Crippen LogP contribution in [0.25, 0.3) is 5.57 Å². The van der Waals surface area contributed by atoms with Gasteiger partial charge in [-0.2, -0.15) is 0 Å². The number of aryl methyl sites for hydroxylation is 1. The molecule has 0 spiro atoms. The van der Waals surface area contributed by atoms with Crippen molar-refractivity contribution in [2.75, 3.05) is 0 Å². The molecule has 0 saturated heterocycles. The Balaban J connectivity index is 2.35. The van der Waals surface area contributed by atoms with Crippen molar-refractivity contribution >= 4 is 14.8 Å². The lowest BCUT2D eigenvalue weighted by Crippen LogP contribution is -1.86. The quantitative estimate of drug-likeness (QED) is 0.575. The molecule has 1 atom stereocenters. The van der Waals surface area contributed by atoms with Crippen LogP contribution in [0, 0.1) is 6.92 Å². The Hall–Kier alpha value is -0.880. The van der Waals surface area contributed by atoms with Gasteiger partial charge in [-0.15, -0.1) is 9.24 Å². The van der Waals surface area contributed by atoms with Crippen LogP contribution >= 0.6 is 9.24 Å². The van der Waals surface area contributed by atoms with Crippen molar-refractivity contribution in [1.82, 2.24) is 5.16 Å². The molecule has 2 rings (SSSR count). The van der Waals surface area contributed by atoms with Crippen LogP contribution in [-0.4, -0.2) is 5.16 Å². The highest BCUT2D eigenvalue weighted by Crippen LogP contribution is 2.44. The molecular weight excluding hydrogens is 205 g/mol. The molecule has 3 heteroatoms. The minimum absolute atomic E-state index is 0.689. The Bertz CT molecular complexity index is 413. The van der Waals surface area contributed by atoms with E-state index in [1.54, 1.807) is 0 Å². The molecule has 15 heavy (non-hydrogen) atoms. The number of rotatable bonds is 3. The van der Waals surface area contributed by atoms with Gasteiger partial charge in [0.15, 0.2) is 5.76 Å². The Morgan fingerprint density at radius 1 is 1.53 bits per heavy atom. The van der Waals surface area contributed by atoms with E-state index < -0.39 is 0 Å². The minimum Gasteiger partial charge on any atom is -0.356 e. The van der Waals surface area contributed by atoms with Gasteiger partial charge in [0.05, 0.1) is 5.69 Å². The van der Waals surface area contributed by atoms with Crippen LogP contribution in [0.2, 0.25) is 0 Å². The molecule has 80 valence electrons. The molecule has 2 nitrogen and oxygen atoms in total. The van der Waals surface area contributed by atoms with E-state index in [4.69, 9.17) is 4.52 Å². The standard InChI is InChI=1S/C12H16NOP/c1-8(4-3-7-15)12-11(10-5-6-10)9(2)13-14-12/h3-4,7,10H,5-6,15H2,1-2H3. The first-order valence-electron chi connectivity index (χ1n) is 5.25. The molecule has 1 aliphatic rings. The molecule has 1 fully saturated rings. The SMILES string of the molecule is CC(=CC=CP)c1onc(C)c1C1CC1. The van der Waals surface area contributed by atoms with E-state index >= 15 is 0 Å². The molecule has 1 aromatic rings. The Kier molecular flexibility index (Phi) is 3.06. The van der Waals surface area contributed by atoms with Crippen molar-refractivity contribution in [2.45, 2.75) is 32.6 Å². The summed E-state index contributed by atoms with van der Waals surface area (Å²) in [6, 6.07) is 0. The summed E-state index contributed by atoms with van der Waals surface area (Å²) >= 11 is 0. The van der Waals surface area contributed by atoms with Crippen LogP contribution in [0.15, 0.2) is 22.5 Å². The molecule has 0 bridgehead atoms. The van der Waals surface area contributed by atoms with Gasteiger partial charge in [0.1, 0.15) is 0 Å². The van der Waals surface area contributed by atoms with E-state index in [1.165, 1.54) is 18.4 Å². The fourth-order valence-electron chi connectivity index (χ4n) is 1.79. The smallest absolute Gasteiger partial charge is 0.166 e. The summed E-state index contributed by atoms with van der Waals surface area (Å²) in [4.78, 5) is 0. The summed E-state index contributed by atoms with van der Waals surface area (Å²) in [6.45, 7) is 4.09. The highest BCUT2D eigenvalue weighted by molar-refractivity contribution is 7.20. The van der Waals surface area contributed by atoms with Crippen molar-refractivity contribution in [3.05, 3.63) is 35.0 Å². The third-order valence-electron chi connectivity index (χ3n) is 2.71. The lowest BCUT2D eigenvalue weighted by molar-refractivity contribution is 0.405. The molecule has 0 amide bonds. The maximum absolute atomic E-state index is 5.40. The average Bonchev–Trinajstić information content (AvgIpc) is 2.99. The lowest BCUT2D eigenvalue weighted by atomic mass is 10.0. The second kappa shape index (κ2) is 4.32. The Morgan fingerprint density at radius 2 is 2.27 bits per heavy atom. The highest BCUT2D eigenvalue weighted by atomic mass is 31.0. The number of hydrogen-bond acceptors (Lipinski definition) is 2. The van der Waals surface area contributed by atoms with Gasteiger partial charge in [0.25, 0.3) is 0 Å². The maximum atomic E-state index is 5.40. The zero-order chi connectivity index (χ0) is 10.8. The lowest BCUT2D eigenvalue weighted by Gasteiger charge is -1.99. The van der Waals surface area contributed by atoms with E-state index in [-0.39, 0.29) is 0 Å². The maximum Gasteiger partial charge on any atom is 0.166 e. The third kappa shape index (κ3) is 2.21. The van der Waals surface area contributed by atoms with Crippen LogP contribution < -0.4 is 0 Å². The zero-order valence-electron chi connectivity index (χ0n) is 9.16. The molecule has 1 heterocycles. The fraction of sp³-hybridized carbons (Fsp3) is 0.417. The largest absolute Gasteiger partial charge is 0.356 e. The first kappa shape index (κ1) is 10.6. The van der Waals surface area contributed by atoms with Gasteiger partial charge in [-0.05, 0) is 38.2 Å². The summed E-state index contributed by atoms with van der Waals surface area (Å²) in [5, 5.41) is 4.06. The van der Waals surface area contributed by atoms with Gasteiger partial charge >= 0.3 is 0 Å². The van der Waals surface area contributed by atoms with E-state index in [0.717, 1.165) is 17.0 Å². The second-order valence-electron chi connectivity index (χ2n) is 4.02. The highest BCUT2D eigenvalue weighted by Gasteiger charge is 2.31. The molecule has 1 aromatic heterocycles. The van der Waals surface area contributed by atoms with Gasteiger partial charge in [-0.1, -0.05) is 23.1 Å². The normalized spacial score (nSPS) is 17.7. The van der Waals surface area contributed by atoms with Crippen molar-refractivity contribution in [3.63, 3.8) is 0 Å². The van der Waals surface area contributed by atoms with Crippen LogP contribution in [0.1, 0.15) is 42.7 Å². The molecule has 0 aromatic carbocycles. The van der Waals surface area contributed by atoms with Gasteiger partial charge in [0.2, 0.25) is 0 Å². The predicted octanol–water partition coefficient (Wildman–Crippen LogP) is 3.65. The molecule has 0 radical (unpaired) electrons. The van der Waals surface area contributed by atoms with E-state index in [9.17, 15) is 0 Å². The van der Waals surface area contributed by atoms with Crippen LogP contribution in [-0.2, 0) is 0 Å². The first-order chi connectivity index (χ1) is 7.24. The summed E-state index contributed by atoms with van der Waals surface area (Å²) < 4.78 is 5.40. The number of hydrogen-bond donors (Lipinski definition) is 0. The van der Waals surface area contributed by atoms with Crippen LogP contribution in [0.3, 0.4) is 0 Å². The molecule has 0 aliphatic heterocycles. The van der Waals surface area contributed by atoms with Crippen molar-refractivity contribution in [1.29, 1.82) is 0 Å². The van der Waals surface area contributed by atoms with Gasteiger partial charge in [-0.25, -0.2) is 0 Å². The zero-order valence-corrected chi connectivity index (χ0v) is 10.3. The summed E-state index contributed by atoms with van der Waals surface area (Å²) in [5.41, 5.74) is 3.52. The van der Waals surface area contributed by atoms with Gasteiger partial charge in [-0.3, -0.25) is 0 Å².